The van der Waals surface area contributed by atoms with Gasteiger partial charge in [0.05, 0.1) is 17.7 Å². The van der Waals surface area contributed by atoms with Crippen molar-refractivity contribution in [2.24, 2.45) is 0 Å². The van der Waals surface area contributed by atoms with E-state index in [1.165, 1.54) is 31.7 Å². The topological polar surface area (TPSA) is 52.6 Å². The molecule has 0 saturated carbocycles. The third-order valence-corrected chi connectivity index (χ3v) is 4.27. The molecule has 0 fully saturated rings. The highest BCUT2D eigenvalue weighted by Crippen LogP contribution is 2.16. The number of rotatable bonds is 10. The zero-order valence-corrected chi connectivity index (χ0v) is 16.2. The van der Waals surface area contributed by atoms with E-state index in [9.17, 15) is 9.59 Å². The first-order valence-corrected chi connectivity index (χ1v) is 9.66. The van der Waals surface area contributed by atoms with Gasteiger partial charge in [-0.25, -0.2) is 9.59 Å². The highest BCUT2D eigenvalue weighted by atomic mass is 16.5. The van der Waals surface area contributed by atoms with Gasteiger partial charge in [-0.3, -0.25) is 0 Å². The fourth-order valence-corrected chi connectivity index (χ4v) is 2.75. The Kier molecular flexibility index (Phi) is 8.56. The summed E-state index contributed by atoms with van der Waals surface area (Å²) in [5.41, 5.74) is 1.69. The van der Waals surface area contributed by atoms with E-state index in [1.807, 2.05) is 19.1 Å². The van der Waals surface area contributed by atoms with Crippen molar-refractivity contribution in [2.75, 3.05) is 6.61 Å². The highest BCUT2D eigenvalue weighted by molar-refractivity contribution is 5.96. The summed E-state index contributed by atoms with van der Waals surface area (Å²) in [5.74, 6) is -0.420. The summed E-state index contributed by atoms with van der Waals surface area (Å²) in [5, 5.41) is 0. The van der Waals surface area contributed by atoms with Crippen LogP contribution in [0.5, 0.6) is 5.75 Å². The van der Waals surface area contributed by atoms with Crippen molar-refractivity contribution in [1.82, 2.24) is 0 Å². The molecule has 2 aromatic rings. The third kappa shape index (κ3) is 7.26. The van der Waals surface area contributed by atoms with Crippen LogP contribution in [0.4, 0.5) is 0 Å². The second kappa shape index (κ2) is 11.2. The standard InChI is InChI=1S/C23H28O4/c1-3-4-5-6-7-8-15-26-22(24)19-12-10-13-20(17-19)23(25)27-21-14-9-11-18(2)16-21/h9-14,16-17H,3-8,15H2,1-2H3. The van der Waals surface area contributed by atoms with Crippen LogP contribution in [0.1, 0.15) is 71.7 Å². The van der Waals surface area contributed by atoms with E-state index in [0.29, 0.717) is 23.5 Å². The summed E-state index contributed by atoms with van der Waals surface area (Å²) >= 11 is 0. The fourth-order valence-electron chi connectivity index (χ4n) is 2.75. The Balaban J connectivity index is 1.84. The molecular weight excluding hydrogens is 340 g/mol. The van der Waals surface area contributed by atoms with Crippen LogP contribution in [0, 0.1) is 6.92 Å². The Hall–Kier alpha value is -2.62. The number of hydrogen-bond donors (Lipinski definition) is 0. The molecule has 2 rings (SSSR count). The maximum atomic E-state index is 12.3. The maximum absolute atomic E-state index is 12.3. The van der Waals surface area contributed by atoms with E-state index < -0.39 is 11.9 Å². The lowest BCUT2D eigenvalue weighted by Crippen LogP contribution is -2.11. The molecule has 0 unspecified atom stereocenters. The van der Waals surface area contributed by atoms with Gasteiger partial charge in [0.15, 0.2) is 0 Å². The molecule has 0 aliphatic rings. The summed E-state index contributed by atoms with van der Waals surface area (Å²) in [6, 6.07) is 13.7. The molecule has 0 spiro atoms. The lowest BCUT2D eigenvalue weighted by molar-refractivity contribution is 0.0497. The summed E-state index contributed by atoms with van der Waals surface area (Å²) < 4.78 is 10.7. The largest absolute Gasteiger partial charge is 0.462 e. The SMILES string of the molecule is CCCCCCCCOC(=O)c1cccc(C(=O)Oc2cccc(C)c2)c1. The molecule has 0 aliphatic carbocycles. The van der Waals surface area contributed by atoms with E-state index >= 15 is 0 Å². The van der Waals surface area contributed by atoms with Crippen molar-refractivity contribution in [1.29, 1.82) is 0 Å². The van der Waals surface area contributed by atoms with Crippen LogP contribution in [0.15, 0.2) is 48.5 Å². The van der Waals surface area contributed by atoms with Gasteiger partial charge in [-0.05, 0) is 49.2 Å². The number of aryl methyl sites for hydroxylation is 1. The van der Waals surface area contributed by atoms with Crippen molar-refractivity contribution in [3.05, 3.63) is 65.2 Å². The van der Waals surface area contributed by atoms with Gasteiger partial charge in [0.2, 0.25) is 0 Å². The minimum absolute atomic E-state index is 0.325. The molecule has 0 bridgehead atoms. The summed E-state index contributed by atoms with van der Waals surface area (Å²) in [4.78, 5) is 24.5. The van der Waals surface area contributed by atoms with Gasteiger partial charge in [-0.15, -0.1) is 0 Å². The van der Waals surface area contributed by atoms with E-state index in [4.69, 9.17) is 9.47 Å². The lowest BCUT2D eigenvalue weighted by atomic mass is 10.1. The number of ether oxygens (including phenoxy) is 2. The fraction of sp³-hybridized carbons (Fsp3) is 0.391. The molecule has 4 heteroatoms. The van der Waals surface area contributed by atoms with Crippen molar-refractivity contribution in [3.63, 3.8) is 0 Å². The quantitative estimate of drug-likeness (QED) is 0.305. The van der Waals surface area contributed by atoms with Gasteiger partial charge in [0.25, 0.3) is 0 Å². The Labute approximate surface area is 161 Å². The van der Waals surface area contributed by atoms with Crippen LogP contribution in [-0.2, 0) is 4.74 Å². The highest BCUT2D eigenvalue weighted by Gasteiger charge is 2.13. The molecule has 0 radical (unpaired) electrons. The number of benzene rings is 2. The molecule has 0 aliphatic heterocycles. The molecule has 0 aromatic heterocycles. The van der Waals surface area contributed by atoms with Crippen molar-refractivity contribution in [2.45, 2.75) is 52.4 Å². The zero-order valence-electron chi connectivity index (χ0n) is 16.2. The smallest absolute Gasteiger partial charge is 0.343 e. The van der Waals surface area contributed by atoms with Crippen LogP contribution >= 0.6 is 0 Å². The van der Waals surface area contributed by atoms with Gasteiger partial charge in [0, 0.05) is 0 Å². The van der Waals surface area contributed by atoms with Crippen molar-refractivity contribution in [3.8, 4) is 5.75 Å². The first-order chi connectivity index (χ1) is 13.1. The number of carbonyl (C=O) groups is 2. The van der Waals surface area contributed by atoms with Crippen LogP contribution in [0.25, 0.3) is 0 Å². The van der Waals surface area contributed by atoms with E-state index in [2.05, 4.69) is 6.92 Å². The second-order valence-electron chi connectivity index (χ2n) is 6.69. The predicted octanol–water partition coefficient (Wildman–Crippen LogP) is 5.73. The zero-order chi connectivity index (χ0) is 19.5. The van der Waals surface area contributed by atoms with E-state index in [1.54, 1.807) is 30.3 Å². The second-order valence-corrected chi connectivity index (χ2v) is 6.69. The average Bonchev–Trinajstić information content (AvgIpc) is 2.67. The molecule has 0 atom stereocenters. The van der Waals surface area contributed by atoms with Crippen molar-refractivity contribution < 1.29 is 19.1 Å². The molecule has 27 heavy (non-hydrogen) atoms. The first-order valence-electron chi connectivity index (χ1n) is 9.66. The average molecular weight is 368 g/mol. The number of unbranched alkanes of at least 4 members (excludes halogenated alkanes) is 5. The molecule has 0 amide bonds. The van der Waals surface area contributed by atoms with Crippen LogP contribution in [0.2, 0.25) is 0 Å². The summed E-state index contributed by atoms with van der Waals surface area (Å²) in [7, 11) is 0. The monoisotopic (exact) mass is 368 g/mol. The predicted molar refractivity (Wildman–Crippen MR) is 106 cm³/mol. The van der Waals surface area contributed by atoms with Gasteiger partial charge in [0.1, 0.15) is 5.75 Å². The normalized spacial score (nSPS) is 10.4. The third-order valence-electron chi connectivity index (χ3n) is 4.27. The molecule has 144 valence electrons. The maximum Gasteiger partial charge on any atom is 0.343 e. The Morgan fingerprint density at radius 3 is 2.22 bits per heavy atom. The minimum atomic E-state index is -0.494. The van der Waals surface area contributed by atoms with Crippen LogP contribution in [0.3, 0.4) is 0 Å². The molecule has 2 aromatic carbocycles. The van der Waals surface area contributed by atoms with Gasteiger partial charge in [-0.2, -0.15) is 0 Å². The minimum Gasteiger partial charge on any atom is -0.462 e. The van der Waals surface area contributed by atoms with Gasteiger partial charge in [-0.1, -0.05) is 57.2 Å². The molecule has 0 N–H and O–H groups in total. The van der Waals surface area contributed by atoms with Crippen LogP contribution < -0.4 is 4.74 Å². The first kappa shape index (κ1) is 20.7. The Bertz CT molecular complexity index is 752. The number of hydrogen-bond acceptors (Lipinski definition) is 4. The van der Waals surface area contributed by atoms with Gasteiger partial charge < -0.3 is 9.47 Å². The van der Waals surface area contributed by atoms with E-state index in [-0.39, 0.29) is 0 Å². The summed E-state index contributed by atoms with van der Waals surface area (Å²) in [6.07, 6.45) is 6.81. The number of carbonyl (C=O) groups excluding carboxylic acids is 2. The van der Waals surface area contributed by atoms with Crippen molar-refractivity contribution >= 4 is 11.9 Å². The molecule has 0 heterocycles. The van der Waals surface area contributed by atoms with E-state index in [0.717, 1.165) is 18.4 Å². The Morgan fingerprint density at radius 2 is 1.48 bits per heavy atom. The van der Waals surface area contributed by atoms with Crippen LogP contribution in [-0.4, -0.2) is 18.5 Å². The van der Waals surface area contributed by atoms with Gasteiger partial charge >= 0.3 is 11.9 Å². The molecular formula is C23H28O4. The number of esters is 2. The molecule has 4 nitrogen and oxygen atoms in total. The lowest BCUT2D eigenvalue weighted by Gasteiger charge is -2.08. The summed E-state index contributed by atoms with van der Waals surface area (Å²) in [6.45, 7) is 4.52. The Morgan fingerprint density at radius 1 is 0.815 bits per heavy atom. The molecule has 0 saturated heterocycles.